The van der Waals surface area contributed by atoms with Crippen molar-refractivity contribution in [2.45, 2.75) is 0 Å². The van der Waals surface area contributed by atoms with Gasteiger partial charge >= 0.3 is 0 Å². The van der Waals surface area contributed by atoms with Crippen molar-refractivity contribution < 1.29 is 4.42 Å². The third-order valence-electron chi connectivity index (χ3n) is 11.1. The zero-order valence-electron chi connectivity index (χ0n) is 30.0. The average molecular weight is 718 g/mol. The molecule has 0 aliphatic heterocycles. The number of nitrogens with zero attached hydrogens (tertiary/aromatic N) is 5. The number of para-hydroxylation sites is 4. The Morgan fingerprint density at radius 2 is 1.05 bits per heavy atom. The Morgan fingerprint density at radius 1 is 0.429 bits per heavy atom. The van der Waals surface area contributed by atoms with Gasteiger partial charge in [0.25, 0.3) is 0 Å². The molecule has 12 rings (SSSR count). The lowest BCUT2D eigenvalue weighted by Crippen LogP contribution is -2.04. The van der Waals surface area contributed by atoms with E-state index < -0.39 is 0 Å². The number of hydrogen-bond acceptors (Lipinski definition) is 3. The van der Waals surface area contributed by atoms with Gasteiger partial charge in [-0.15, -0.1) is 5.10 Å². The number of benzene rings is 8. The lowest BCUT2D eigenvalue weighted by molar-refractivity contribution is 0.673. The van der Waals surface area contributed by atoms with Crippen LogP contribution in [0.15, 0.2) is 192 Å². The molecule has 0 aliphatic carbocycles. The van der Waals surface area contributed by atoms with E-state index in [1.165, 1.54) is 5.39 Å². The molecule has 262 valence electrons. The zero-order chi connectivity index (χ0) is 36.7. The largest absolute Gasteiger partial charge is 0.455 e. The van der Waals surface area contributed by atoms with Crippen LogP contribution >= 0.6 is 0 Å². The molecule has 6 nitrogen and oxygen atoms in total. The molecule has 0 N–H and O–H groups in total. The first-order valence-electron chi connectivity index (χ1n) is 18.8. The third kappa shape index (κ3) is 4.44. The molecule has 0 aliphatic rings. The fraction of sp³-hybridized carbons (Fsp3) is 0. The number of hydrogen-bond donors (Lipinski definition) is 0. The molecule has 12 aromatic rings. The van der Waals surface area contributed by atoms with Crippen LogP contribution in [0.25, 0.3) is 105 Å². The molecule has 8 aromatic carbocycles. The van der Waals surface area contributed by atoms with Crippen LogP contribution in [0, 0.1) is 0 Å². The standard InChI is InChI=1S/C50H31N5O/c1-3-15-32(16-4-1)49-51-50(33-17-5-2-6-18-33)55(52-49)44-27-14-24-38-36-21-7-10-25-41(36)54(47(38)44)35-20-13-19-34(31-35)53-42-26-11-8-23-40(42)46-43(53)30-29-39-37-22-9-12-28-45(37)56-48(39)46/h1-31H. The summed E-state index contributed by atoms with van der Waals surface area (Å²) in [6, 6.07) is 65.9. The first-order chi connectivity index (χ1) is 27.8. The highest BCUT2D eigenvalue weighted by molar-refractivity contribution is 6.24. The molecule has 4 heterocycles. The predicted octanol–water partition coefficient (Wildman–Crippen LogP) is 12.7. The Hall–Kier alpha value is -7.70. The summed E-state index contributed by atoms with van der Waals surface area (Å²) in [6.07, 6.45) is 0. The second-order valence-corrected chi connectivity index (χ2v) is 14.2. The second-order valence-electron chi connectivity index (χ2n) is 14.2. The van der Waals surface area contributed by atoms with Gasteiger partial charge in [0.1, 0.15) is 11.2 Å². The van der Waals surface area contributed by atoms with Gasteiger partial charge in [0.2, 0.25) is 0 Å². The van der Waals surface area contributed by atoms with Crippen LogP contribution in [-0.4, -0.2) is 23.9 Å². The van der Waals surface area contributed by atoms with Gasteiger partial charge in [-0.1, -0.05) is 133 Å². The van der Waals surface area contributed by atoms with Crippen LogP contribution in [0.3, 0.4) is 0 Å². The molecule has 0 saturated heterocycles. The quantitative estimate of drug-likeness (QED) is 0.178. The third-order valence-corrected chi connectivity index (χ3v) is 11.1. The molecular weight excluding hydrogens is 687 g/mol. The molecule has 0 unspecified atom stereocenters. The Bertz CT molecular complexity index is 3480. The summed E-state index contributed by atoms with van der Waals surface area (Å²) in [5, 5.41) is 12.1. The lowest BCUT2D eigenvalue weighted by Gasteiger charge is -2.15. The van der Waals surface area contributed by atoms with Crippen LogP contribution in [0.2, 0.25) is 0 Å². The normalized spacial score (nSPS) is 11.9. The number of aromatic nitrogens is 5. The van der Waals surface area contributed by atoms with Gasteiger partial charge < -0.3 is 13.6 Å². The summed E-state index contributed by atoms with van der Waals surface area (Å²) in [6.45, 7) is 0. The monoisotopic (exact) mass is 717 g/mol. The van der Waals surface area contributed by atoms with Gasteiger partial charge in [-0.3, -0.25) is 0 Å². The predicted molar refractivity (Wildman–Crippen MR) is 228 cm³/mol. The van der Waals surface area contributed by atoms with E-state index in [2.05, 4.69) is 155 Å². The molecule has 0 bridgehead atoms. The van der Waals surface area contributed by atoms with E-state index >= 15 is 0 Å². The molecule has 4 aromatic heterocycles. The van der Waals surface area contributed by atoms with Gasteiger partial charge in [-0.05, 0) is 54.6 Å². The van der Waals surface area contributed by atoms with Crippen molar-refractivity contribution in [2.24, 2.45) is 0 Å². The molecule has 56 heavy (non-hydrogen) atoms. The fourth-order valence-corrected chi connectivity index (χ4v) is 8.69. The molecule has 0 saturated carbocycles. The minimum Gasteiger partial charge on any atom is -0.455 e. The maximum absolute atomic E-state index is 6.60. The van der Waals surface area contributed by atoms with E-state index in [1.54, 1.807) is 0 Å². The number of fused-ring (bicyclic) bond motifs is 10. The van der Waals surface area contributed by atoms with Crippen LogP contribution < -0.4 is 0 Å². The van der Waals surface area contributed by atoms with Gasteiger partial charge in [0.15, 0.2) is 11.6 Å². The molecule has 0 spiro atoms. The van der Waals surface area contributed by atoms with Crippen molar-refractivity contribution in [3.05, 3.63) is 188 Å². The fourth-order valence-electron chi connectivity index (χ4n) is 8.69. The van der Waals surface area contributed by atoms with Crippen molar-refractivity contribution in [1.29, 1.82) is 0 Å². The maximum atomic E-state index is 6.60. The van der Waals surface area contributed by atoms with E-state index in [0.29, 0.717) is 5.82 Å². The van der Waals surface area contributed by atoms with Crippen LogP contribution in [0.5, 0.6) is 0 Å². The lowest BCUT2D eigenvalue weighted by atomic mass is 10.1. The zero-order valence-corrected chi connectivity index (χ0v) is 30.0. The molecule has 0 radical (unpaired) electrons. The minimum absolute atomic E-state index is 0.677. The van der Waals surface area contributed by atoms with Crippen LogP contribution in [-0.2, 0) is 0 Å². The SMILES string of the molecule is c1ccc(-c2nc(-c3ccccc3)n(-c3cccc4c5ccccc5n(-c5cccc(-n6c7ccccc7c7c8oc9ccccc9c8ccc76)c5)c34)n2)cc1. The van der Waals surface area contributed by atoms with Crippen molar-refractivity contribution in [3.63, 3.8) is 0 Å². The topological polar surface area (TPSA) is 53.7 Å². The first kappa shape index (κ1) is 30.7. The summed E-state index contributed by atoms with van der Waals surface area (Å²) in [4.78, 5) is 5.16. The Labute approximate surface area is 320 Å². The molecule has 0 amide bonds. The van der Waals surface area contributed by atoms with E-state index in [9.17, 15) is 0 Å². The van der Waals surface area contributed by atoms with E-state index in [-0.39, 0.29) is 0 Å². The Balaban J connectivity index is 1.13. The molecule has 0 fully saturated rings. The summed E-state index contributed by atoms with van der Waals surface area (Å²) < 4.78 is 13.4. The van der Waals surface area contributed by atoms with Gasteiger partial charge in [-0.25, -0.2) is 9.67 Å². The summed E-state index contributed by atoms with van der Waals surface area (Å²) in [5.74, 6) is 1.46. The van der Waals surface area contributed by atoms with Crippen molar-refractivity contribution in [2.75, 3.05) is 0 Å². The van der Waals surface area contributed by atoms with Gasteiger partial charge in [0, 0.05) is 49.4 Å². The highest BCUT2D eigenvalue weighted by Crippen LogP contribution is 2.42. The van der Waals surface area contributed by atoms with Gasteiger partial charge in [0.05, 0.1) is 33.1 Å². The maximum Gasteiger partial charge on any atom is 0.182 e. The second kappa shape index (κ2) is 11.9. The van der Waals surface area contributed by atoms with E-state index in [4.69, 9.17) is 14.5 Å². The van der Waals surface area contributed by atoms with Crippen molar-refractivity contribution in [1.82, 2.24) is 23.9 Å². The average Bonchev–Trinajstić information content (AvgIpc) is 4.04. The molecule has 6 heteroatoms. The van der Waals surface area contributed by atoms with Crippen LogP contribution in [0.1, 0.15) is 0 Å². The Morgan fingerprint density at radius 3 is 1.86 bits per heavy atom. The smallest absolute Gasteiger partial charge is 0.182 e. The van der Waals surface area contributed by atoms with Crippen LogP contribution in [0.4, 0.5) is 0 Å². The minimum atomic E-state index is 0.677. The summed E-state index contributed by atoms with van der Waals surface area (Å²) in [7, 11) is 0. The highest BCUT2D eigenvalue weighted by Gasteiger charge is 2.23. The first-order valence-corrected chi connectivity index (χ1v) is 18.8. The Kier molecular flexibility index (Phi) is 6.53. The molecular formula is C50H31N5O. The van der Waals surface area contributed by atoms with Crippen molar-refractivity contribution >= 4 is 65.6 Å². The number of rotatable bonds is 5. The number of furan rings is 1. The summed E-state index contributed by atoms with van der Waals surface area (Å²) >= 11 is 0. The molecule has 0 atom stereocenters. The highest BCUT2D eigenvalue weighted by atomic mass is 16.3. The van der Waals surface area contributed by atoms with Gasteiger partial charge in [-0.2, -0.15) is 0 Å². The van der Waals surface area contributed by atoms with E-state index in [1.807, 2.05) is 47.1 Å². The van der Waals surface area contributed by atoms with E-state index in [0.717, 1.165) is 94.2 Å². The van der Waals surface area contributed by atoms with Crippen molar-refractivity contribution in [3.8, 4) is 39.8 Å². The summed E-state index contributed by atoms with van der Waals surface area (Å²) in [5.41, 5.74) is 11.2.